The van der Waals surface area contributed by atoms with Crippen LogP contribution in [0, 0.1) is 46.9 Å². The Kier molecular flexibility index (Phi) is 24.8. The van der Waals surface area contributed by atoms with E-state index in [4.69, 9.17) is 39.6 Å². The topological polar surface area (TPSA) is 161 Å². The van der Waals surface area contributed by atoms with E-state index < -0.39 is 48.6 Å². The van der Waals surface area contributed by atoms with E-state index >= 15 is 0 Å². The van der Waals surface area contributed by atoms with Gasteiger partial charge in [0.25, 0.3) is 0 Å². The number of alkyl halides is 12. The summed E-state index contributed by atoms with van der Waals surface area (Å²) in [5.41, 5.74) is 0. The van der Waals surface area contributed by atoms with Gasteiger partial charge in [-0.3, -0.25) is 0 Å². The molecule has 0 aromatic rings. The Balaban J connectivity index is -0.0000000626. The maximum Gasteiger partial charge on any atom is 3.00 e. The summed E-state index contributed by atoms with van der Waals surface area (Å²) in [6.07, 6.45) is -20.8. The molecule has 0 bridgehead atoms. The van der Waals surface area contributed by atoms with Crippen LogP contribution in [0.1, 0.15) is 0 Å². The van der Waals surface area contributed by atoms with Crippen LogP contribution in [0.3, 0.4) is 0 Å². The van der Waals surface area contributed by atoms with E-state index in [1.54, 1.807) is 0 Å². The van der Waals surface area contributed by atoms with Crippen molar-refractivity contribution in [3.8, 4) is 0 Å². The minimum atomic E-state index is -5.19. The van der Waals surface area contributed by atoms with Crippen LogP contribution in [0.2, 0.25) is 0 Å². The number of hydrogen-bond acceptors (Lipinski definition) is 8. The van der Waals surface area contributed by atoms with Crippen LogP contribution in [0.25, 0.3) is 0 Å². The van der Waals surface area contributed by atoms with Crippen molar-refractivity contribution in [1.29, 1.82) is 0 Å². The molecule has 0 saturated heterocycles. The summed E-state index contributed by atoms with van der Waals surface area (Å²) in [4.78, 5) is 35.1. The molecule has 0 aromatic heterocycles. The third-order valence-electron chi connectivity index (χ3n) is 0.926. The molecule has 0 saturated carbocycles. The first-order valence-corrected chi connectivity index (χ1v) is 4.90. The third-order valence-corrected chi connectivity index (χ3v) is 0.926. The number of carboxylic acids is 4. The quantitative estimate of drug-likeness (QED) is 0.186. The average Bonchev–Trinajstić information content (AvgIpc) is 2.35. The van der Waals surface area contributed by atoms with Crippen molar-refractivity contribution in [3.63, 3.8) is 0 Å². The fourth-order valence-electron chi connectivity index (χ4n) is 0. The Hall–Kier alpha value is -0.441. The van der Waals surface area contributed by atoms with Gasteiger partial charge in [0.05, 0.1) is 0 Å². The number of carboxylic acid groups (broad SMARTS) is 4. The monoisotopic (exact) mass is 649 g/mol. The Bertz CT molecular complexity index is 442. The molecule has 0 aromatic carbocycles. The van der Waals surface area contributed by atoms with Gasteiger partial charge in [0, 0.05) is 0 Å². The van der Waals surface area contributed by atoms with Crippen molar-refractivity contribution < 1.29 is 169 Å². The van der Waals surface area contributed by atoms with Gasteiger partial charge in [-0.1, -0.05) is 0 Å². The van der Waals surface area contributed by atoms with E-state index in [2.05, 4.69) is 0 Å². The summed E-state index contributed by atoms with van der Waals surface area (Å²) < 4.78 is 126. The fourth-order valence-corrected chi connectivity index (χ4v) is 0. The van der Waals surface area contributed by atoms with E-state index in [1.165, 1.54) is 0 Å². The molecule has 179 valence electrons. The summed E-state index contributed by atoms with van der Waals surface area (Å²) in [7, 11) is 0. The van der Waals surface area contributed by atoms with E-state index in [1.807, 2.05) is 0 Å². The van der Waals surface area contributed by atoms with Crippen molar-refractivity contribution in [2.75, 3.05) is 0 Å². The molecule has 0 rings (SSSR count). The molecule has 8 nitrogen and oxygen atoms in total. The largest absolute Gasteiger partial charge is 3.00 e. The van der Waals surface area contributed by atoms with Crippen molar-refractivity contribution in [2.24, 2.45) is 0 Å². The minimum Gasteiger partial charge on any atom is -0.542 e. The molecule has 0 atom stereocenters. The zero-order valence-corrected chi connectivity index (χ0v) is 16.8. The van der Waals surface area contributed by atoms with Gasteiger partial charge in [0.15, 0.2) is 0 Å². The Morgan fingerprint density at radius 1 is 0.400 bits per heavy atom. The van der Waals surface area contributed by atoms with Gasteiger partial charge in [-0.05, 0) is 0 Å². The average molecular weight is 648 g/mol. The third kappa shape index (κ3) is 35.0. The molecule has 22 heteroatoms. The number of halogens is 12. The van der Waals surface area contributed by atoms with Crippen molar-refractivity contribution in [2.45, 2.75) is 24.7 Å². The van der Waals surface area contributed by atoms with Gasteiger partial charge in [0.2, 0.25) is 0 Å². The van der Waals surface area contributed by atoms with E-state index in [-0.39, 0.29) is 76.5 Å². The normalized spacial score (nSPS) is 10.5. The summed E-state index contributed by atoms with van der Waals surface area (Å²) in [5.74, 6) is -12.0. The fraction of sp³-hybridized carbons (Fsp3) is 0.500. The van der Waals surface area contributed by atoms with Gasteiger partial charge in [-0.25, -0.2) is 0 Å². The molecule has 30 heavy (non-hydrogen) atoms. The van der Waals surface area contributed by atoms with Crippen molar-refractivity contribution >= 4 is 23.9 Å². The van der Waals surface area contributed by atoms with Gasteiger partial charge in [0.1, 0.15) is 23.9 Å². The predicted molar refractivity (Wildman–Crippen MR) is 44.2 cm³/mol. The van der Waals surface area contributed by atoms with E-state index in [0.717, 1.165) is 0 Å². The Morgan fingerprint density at radius 2 is 0.433 bits per heavy atom. The number of carbonyl (C=O) groups excluding carboxylic acids is 4. The van der Waals surface area contributed by atoms with Crippen LogP contribution in [0.4, 0.5) is 52.7 Å². The molecule has 0 unspecified atom stereocenters. The number of carbonyl (C=O) groups is 4. The van der Waals surface area contributed by atoms with Crippen molar-refractivity contribution in [1.82, 2.24) is 0 Å². The standard InChI is InChI=1S/4C2HF3O2.Na.Yb/c4*3-2(4,5)1(6)7;;/h4*(H,6,7);;/q;;;;+1;+3/p-4. The van der Waals surface area contributed by atoms with Gasteiger partial charge in [-0.15, -0.1) is 0 Å². The van der Waals surface area contributed by atoms with Crippen LogP contribution in [-0.4, -0.2) is 48.6 Å². The predicted octanol–water partition coefficient (Wildman–Crippen LogP) is -5.80. The SMILES string of the molecule is O=C([O-])C(F)(F)F.O=C([O-])C(F)(F)F.O=C([O-])C(F)(F)F.O=C([O-])C(F)(F)F.[Na+].[Yb+3]. The van der Waals surface area contributed by atoms with Crippen molar-refractivity contribution in [3.05, 3.63) is 0 Å². The summed E-state index contributed by atoms with van der Waals surface area (Å²) >= 11 is 0. The molecule has 0 N–H and O–H groups in total. The van der Waals surface area contributed by atoms with Crippen LogP contribution in [0.5, 0.6) is 0 Å². The molecule has 0 amide bonds. The van der Waals surface area contributed by atoms with Gasteiger partial charge < -0.3 is 39.6 Å². The van der Waals surface area contributed by atoms with Gasteiger partial charge >= 0.3 is 101 Å². The van der Waals surface area contributed by atoms with Crippen LogP contribution in [-0.2, 0) is 19.2 Å². The van der Waals surface area contributed by atoms with Crippen LogP contribution in [0.15, 0.2) is 0 Å². The summed E-state index contributed by atoms with van der Waals surface area (Å²) in [6.45, 7) is 0. The number of rotatable bonds is 0. The first kappa shape index (κ1) is 43.4. The zero-order valence-electron chi connectivity index (χ0n) is 13.1. The van der Waals surface area contributed by atoms with E-state index in [0.29, 0.717) is 0 Å². The second-order valence-corrected chi connectivity index (χ2v) is 3.14. The second kappa shape index (κ2) is 17.2. The molecule has 1 radical (unpaired) electrons. The molecule has 0 aliphatic carbocycles. The first-order valence-electron chi connectivity index (χ1n) is 4.90. The molecule has 0 spiro atoms. The molecular formula is C8F12NaO8Yb. The molecule has 0 aliphatic rings. The molecular weight excluding hydrogens is 648 g/mol. The smallest absolute Gasteiger partial charge is 0.542 e. The second-order valence-electron chi connectivity index (χ2n) is 3.14. The number of hydrogen-bond donors (Lipinski definition) is 0. The number of aliphatic carboxylic acids is 4. The summed E-state index contributed by atoms with van der Waals surface area (Å²) in [5, 5.41) is 35.1. The Labute approximate surface area is 215 Å². The first-order chi connectivity index (χ1) is 11.8. The maximum atomic E-state index is 10.5. The maximum absolute atomic E-state index is 10.5. The summed E-state index contributed by atoms with van der Waals surface area (Å²) in [6, 6.07) is 0. The minimum absolute atomic E-state index is 0. The Morgan fingerprint density at radius 3 is 0.433 bits per heavy atom. The molecule has 0 fully saturated rings. The molecule has 0 aliphatic heterocycles. The molecule has 0 heterocycles. The van der Waals surface area contributed by atoms with E-state index in [9.17, 15) is 52.7 Å². The van der Waals surface area contributed by atoms with Crippen LogP contribution < -0.4 is 50.0 Å². The van der Waals surface area contributed by atoms with Crippen LogP contribution >= 0.6 is 0 Å². The zero-order chi connectivity index (χ0) is 24.3. The van der Waals surface area contributed by atoms with Gasteiger partial charge in [-0.2, -0.15) is 52.7 Å².